The highest BCUT2D eigenvalue weighted by molar-refractivity contribution is 6.30. The molecule has 144 valence electrons. The number of hydrogen-bond donors (Lipinski definition) is 2. The van der Waals surface area contributed by atoms with Crippen LogP contribution in [0.2, 0.25) is 5.02 Å². The predicted molar refractivity (Wildman–Crippen MR) is 102 cm³/mol. The van der Waals surface area contributed by atoms with Gasteiger partial charge in [-0.15, -0.1) is 0 Å². The quantitative estimate of drug-likeness (QED) is 0.759. The molecule has 1 fully saturated rings. The van der Waals surface area contributed by atoms with E-state index in [-0.39, 0.29) is 29.8 Å². The number of nitrogens with zero attached hydrogens (tertiary/aromatic N) is 1. The number of amides is 2. The third kappa shape index (κ3) is 6.27. The van der Waals surface area contributed by atoms with Crippen molar-refractivity contribution in [1.82, 2.24) is 15.5 Å². The Hall–Kier alpha value is -1.63. The van der Waals surface area contributed by atoms with E-state index < -0.39 is 0 Å². The average Bonchev–Trinajstić information content (AvgIpc) is 2.60. The zero-order valence-corrected chi connectivity index (χ0v) is 16.4. The molecule has 26 heavy (non-hydrogen) atoms. The molecule has 1 saturated heterocycles. The Morgan fingerprint density at radius 1 is 1.23 bits per heavy atom. The normalized spacial score (nSPS) is 16.8. The Balaban J connectivity index is 1.93. The molecule has 0 unspecified atom stereocenters. The van der Waals surface area contributed by atoms with Crippen molar-refractivity contribution in [3.63, 3.8) is 0 Å². The molecular formula is C19H28ClN3O3. The smallest absolute Gasteiger partial charge is 0.222 e. The highest BCUT2D eigenvalue weighted by Gasteiger charge is 2.29. The van der Waals surface area contributed by atoms with Gasteiger partial charge >= 0.3 is 0 Å². The zero-order valence-electron chi connectivity index (χ0n) is 15.7. The summed E-state index contributed by atoms with van der Waals surface area (Å²) >= 11 is 5.92. The van der Waals surface area contributed by atoms with Gasteiger partial charge in [-0.2, -0.15) is 0 Å². The minimum absolute atomic E-state index is 0.0972. The summed E-state index contributed by atoms with van der Waals surface area (Å²) in [5, 5.41) is 6.46. The number of benzene rings is 1. The van der Waals surface area contributed by atoms with Crippen LogP contribution in [-0.2, 0) is 14.3 Å². The number of carbonyl (C=O) groups is 2. The van der Waals surface area contributed by atoms with E-state index in [9.17, 15) is 9.59 Å². The van der Waals surface area contributed by atoms with Crippen molar-refractivity contribution < 1.29 is 14.3 Å². The minimum Gasteiger partial charge on any atom is -0.379 e. The summed E-state index contributed by atoms with van der Waals surface area (Å²) in [6, 6.07) is 6.79. The molecule has 1 aliphatic heterocycles. The molecule has 2 amide bonds. The molecule has 6 nitrogen and oxygen atoms in total. The van der Waals surface area contributed by atoms with Crippen LogP contribution in [0.5, 0.6) is 0 Å². The summed E-state index contributed by atoms with van der Waals surface area (Å²) < 4.78 is 5.39. The van der Waals surface area contributed by atoms with Gasteiger partial charge < -0.3 is 15.4 Å². The fourth-order valence-electron chi connectivity index (χ4n) is 3.05. The van der Waals surface area contributed by atoms with Crippen LogP contribution < -0.4 is 10.6 Å². The van der Waals surface area contributed by atoms with Gasteiger partial charge in [-0.3, -0.25) is 14.5 Å². The van der Waals surface area contributed by atoms with Crippen LogP contribution >= 0.6 is 11.6 Å². The van der Waals surface area contributed by atoms with E-state index in [1.165, 1.54) is 6.92 Å². The summed E-state index contributed by atoms with van der Waals surface area (Å²) in [4.78, 5) is 26.3. The van der Waals surface area contributed by atoms with Gasteiger partial charge in [0.2, 0.25) is 11.8 Å². The molecule has 2 N–H and O–H groups in total. The lowest BCUT2D eigenvalue weighted by Crippen LogP contribution is -2.55. The number of nitrogens with one attached hydrogen (secondary N) is 2. The maximum atomic E-state index is 12.5. The van der Waals surface area contributed by atoms with Gasteiger partial charge in [-0.05, 0) is 31.5 Å². The Morgan fingerprint density at radius 3 is 2.42 bits per heavy atom. The molecule has 0 saturated carbocycles. The lowest BCUT2D eigenvalue weighted by molar-refractivity contribution is -0.123. The van der Waals surface area contributed by atoms with Crippen molar-refractivity contribution in [1.29, 1.82) is 0 Å². The average molecular weight is 382 g/mol. The van der Waals surface area contributed by atoms with Crippen LogP contribution in [0.25, 0.3) is 0 Å². The molecular weight excluding hydrogens is 354 g/mol. The summed E-state index contributed by atoms with van der Waals surface area (Å²) in [7, 11) is 0. The summed E-state index contributed by atoms with van der Waals surface area (Å²) in [5.41, 5.74) is 0.704. The second-order valence-corrected chi connectivity index (χ2v) is 7.63. The van der Waals surface area contributed by atoms with Gasteiger partial charge in [0.25, 0.3) is 0 Å². The van der Waals surface area contributed by atoms with E-state index in [1.807, 2.05) is 12.1 Å². The van der Waals surface area contributed by atoms with Crippen LogP contribution in [0.3, 0.4) is 0 Å². The second kappa shape index (κ2) is 9.35. The zero-order chi connectivity index (χ0) is 19.2. The fourth-order valence-corrected chi connectivity index (χ4v) is 3.17. The van der Waals surface area contributed by atoms with Gasteiger partial charge in [0, 0.05) is 37.1 Å². The van der Waals surface area contributed by atoms with Crippen LogP contribution in [0.4, 0.5) is 0 Å². The second-order valence-electron chi connectivity index (χ2n) is 7.20. The third-order valence-electron chi connectivity index (χ3n) is 4.62. The Morgan fingerprint density at radius 2 is 1.85 bits per heavy atom. The summed E-state index contributed by atoms with van der Waals surface area (Å²) in [6.07, 6.45) is 0.181. The Kier molecular flexibility index (Phi) is 7.43. The molecule has 0 spiro atoms. The standard InChI is InChI=1S/C19H28ClN3O3/c1-14(24)22-17(15-4-6-16(20)7-5-15)12-18(25)21-13-19(2,3)23-8-10-26-11-9-23/h4-7,17H,8-13H2,1-3H3,(H,21,25)(H,22,24)/t17-/m1/s1. The third-order valence-corrected chi connectivity index (χ3v) is 4.88. The Bertz CT molecular complexity index is 613. The number of ether oxygens (including phenoxy) is 1. The highest BCUT2D eigenvalue weighted by atomic mass is 35.5. The first-order valence-electron chi connectivity index (χ1n) is 8.90. The number of halogens is 1. The van der Waals surface area contributed by atoms with Gasteiger partial charge in [0.15, 0.2) is 0 Å². The predicted octanol–water partition coefficient (Wildman–Crippen LogP) is 2.13. The fraction of sp³-hybridized carbons (Fsp3) is 0.579. The molecule has 0 radical (unpaired) electrons. The van der Waals surface area contributed by atoms with Crippen molar-refractivity contribution in [3.8, 4) is 0 Å². The molecule has 1 atom stereocenters. The van der Waals surface area contributed by atoms with Crippen molar-refractivity contribution >= 4 is 23.4 Å². The van der Waals surface area contributed by atoms with Gasteiger partial charge in [0.05, 0.1) is 25.7 Å². The van der Waals surface area contributed by atoms with Crippen molar-refractivity contribution in [2.75, 3.05) is 32.8 Å². The highest BCUT2D eigenvalue weighted by Crippen LogP contribution is 2.20. The molecule has 1 aliphatic rings. The number of carbonyl (C=O) groups excluding carboxylic acids is 2. The van der Waals surface area contributed by atoms with Crippen LogP contribution in [0.1, 0.15) is 38.8 Å². The van der Waals surface area contributed by atoms with E-state index in [0.717, 1.165) is 31.9 Å². The molecule has 0 aromatic heterocycles. The molecule has 1 aromatic carbocycles. The van der Waals surface area contributed by atoms with E-state index in [0.29, 0.717) is 11.6 Å². The minimum atomic E-state index is -0.378. The van der Waals surface area contributed by atoms with Crippen molar-refractivity contribution in [2.24, 2.45) is 0 Å². The van der Waals surface area contributed by atoms with Crippen molar-refractivity contribution in [2.45, 2.75) is 38.8 Å². The molecule has 1 heterocycles. The lowest BCUT2D eigenvalue weighted by Gasteiger charge is -2.40. The number of morpholine rings is 1. The maximum absolute atomic E-state index is 12.5. The first-order chi connectivity index (χ1) is 12.3. The van der Waals surface area contributed by atoms with Crippen LogP contribution in [-0.4, -0.2) is 55.1 Å². The van der Waals surface area contributed by atoms with Gasteiger partial charge in [-0.25, -0.2) is 0 Å². The molecule has 0 aliphatic carbocycles. The lowest BCUT2D eigenvalue weighted by atomic mass is 10.0. The van der Waals surface area contributed by atoms with E-state index >= 15 is 0 Å². The van der Waals surface area contributed by atoms with Gasteiger partial charge in [0.1, 0.15) is 0 Å². The SMILES string of the molecule is CC(=O)N[C@H](CC(=O)NCC(C)(C)N1CCOCC1)c1ccc(Cl)cc1. The number of rotatable bonds is 7. The largest absolute Gasteiger partial charge is 0.379 e. The Labute approximate surface area is 160 Å². The topological polar surface area (TPSA) is 70.7 Å². The molecule has 7 heteroatoms. The van der Waals surface area contributed by atoms with Gasteiger partial charge in [-0.1, -0.05) is 23.7 Å². The van der Waals surface area contributed by atoms with Crippen molar-refractivity contribution in [3.05, 3.63) is 34.9 Å². The summed E-state index contributed by atoms with van der Waals surface area (Å²) in [5.74, 6) is -0.272. The van der Waals surface area contributed by atoms with E-state index in [2.05, 4.69) is 29.4 Å². The van der Waals surface area contributed by atoms with E-state index in [1.54, 1.807) is 12.1 Å². The van der Waals surface area contributed by atoms with Crippen LogP contribution in [0.15, 0.2) is 24.3 Å². The monoisotopic (exact) mass is 381 g/mol. The first-order valence-corrected chi connectivity index (χ1v) is 9.28. The molecule has 2 rings (SSSR count). The number of hydrogen-bond acceptors (Lipinski definition) is 4. The first kappa shape index (κ1) is 20.7. The molecule has 0 bridgehead atoms. The van der Waals surface area contributed by atoms with Crippen LogP contribution in [0, 0.1) is 0 Å². The molecule has 1 aromatic rings. The van der Waals surface area contributed by atoms with E-state index in [4.69, 9.17) is 16.3 Å². The summed E-state index contributed by atoms with van der Waals surface area (Å²) in [6.45, 7) is 9.38. The maximum Gasteiger partial charge on any atom is 0.222 e.